The Bertz CT molecular complexity index is 539. The molecule has 0 fully saturated rings. The molecule has 0 spiro atoms. The van der Waals surface area contributed by atoms with E-state index in [1.807, 2.05) is 0 Å². The van der Waals surface area contributed by atoms with Crippen molar-refractivity contribution >= 4 is 23.4 Å². The van der Waals surface area contributed by atoms with Crippen LogP contribution in [0.1, 0.15) is 41.0 Å². The van der Waals surface area contributed by atoms with E-state index in [9.17, 15) is 4.79 Å². The molecular weight excluding hydrogens is 316 g/mol. The Morgan fingerprint density at radius 2 is 1.71 bits per heavy atom. The molecule has 10 heteroatoms. The molecule has 0 aliphatic rings. The van der Waals surface area contributed by atoms with Gasteiger partial charge >= 0.3 is 5.97 Å². The van der Waals surface area contributed by atoms with Crippen molar-refractivity contribution < 1.29 is 19.7 Å². The zero-order chi connectivity index (χ0) is 19.0. The molecule has 24 heavy (non-hydrogen) atoms. The Balaban J connectivity index is 4.82. The van der Waals surface area contributed by atoms with Gasteiger partial charge in [0.2, 0.25) is 0 Å². The SMILES string of the molecule is CC(=N)COOC(=N)C(C)(C)N=NC(C)(C)C(N)=NCCC(=O)O. The van der Waals surface area contributed by atoms with Gasteiger partial charge in [0, 0.05) is 5.71 Å². The van der Waals surface area contributed by atoms with Gasteiger partial charge in [0.25, 0.3) is 5.90 Å². The monoisotopic (exact) mass is 342 g/mol. The molecule has 0 atom stereocenters. The number of amidine groups is 1. The van der Waals surface area contributed by atoms with Gasteiger partial charge in [-0.25, -0.2) is 0 Å². The van der Waals surface area contributed by atoms with Crippen LogP contribution in [0, 0.1) is 10.8 Å². The van der Waals surface area contributed by atoms with Crippen molar-refractivity contribution in [2.24, 2.45) is 21.0 Å². The number of carboxylic acids is 1. The lowest BCUT2D eigenvalue weighted by molar-refractivity contribution is -0.212. The highest BCUT2D eigenvalue weighted by Crippen LogP contribution is 2.18. The maximum atomic E-state index is 10.5. The third-order valence-electron chi connectivity index (χ3n) is 2.76. The minimum atomic E-state index is -1.10. The largest absolute Gasteiger partial charge is 0.481 e. The van der Waals surface area contributed by atoms with Crippen LogP contribution in [0.4, 0.5) is 0 Å². The van der Waals surface area contributed by atoms with Gasteiger partial charge in [-0.15, -0.1) is 0 Å². The molecular formula is C14H26N6O4. The molecule has 5 N–H and O–H groups in total. The first kappa shape index (κ1) is 21.6. The van der Waals surface area contributed by atoms with Crippen LogP contribution in [-0.2, 0) is 14.6 Å². The molecule has 0 saturated carbocycles. The van der Waals surface area contributed by atoms with Crippen LogP contribution < -0.4 is 5.73 Å². The first-order valence-corrected chi connectivity index (χ1v) is 7.27. The van der Waals surface area contributed by atoms with Gasteiger partial charge in [-0.3, -0.25) is 15.2 Å². The average molecular weight is 342 g/mol. The van der Waals surface area contributed by atoms with E-state index in [2.05, 4.69) is 15.2 Å². The van der Waals surface area contributed by atoms with Gasteiger partial charge in [0.1, 0.15) is 18.0 Å². The fourth-order valence-corrected chi connectivity index (χ4v) is 1.09. The molecule has 0 aliphatic heterocycles. The van der Waals surface area contributed by atoms with Gasteiger partial charge < -0.3 is 21.1 Å². The lowest BCUT2D eigenvalue weighted by Gasteiger charge is -2.22. The van der Waals surface area contributed by atoms with E-state index < -0.39 is 17.0 Å². The van der Waals surface area contributed by atoms with Crippen LogP contribution in [0.25, 0.3) is 0 Å². The van der Waals surface area contributed by atoms with Gasteiger partial charge in [0.15, 0.2) is 5.54 Å². The number of nitrogens with two attached hydrogens (primary N) is 1. The number of rotatable bonds is 10. The van der Waals surface area contributed by atoms with Crippen LogP contribution in [0.15, 0.2) is 15.2 Å². The van der Waals surface area contributed by atoms with Crippen LogP contribution in [-0.4, -0.2) is 52.8 Å². The van der Waals surface area contributed by atoms with Crippen molar-refractivity contribution in [2.75, 3.05) is 13.2 Å². The molecule has 0 radical (unpaired) electrons. The van der Waals surface area contributed by atoms with E-state index in [0.717, 1.165) is 0 Å². The first-order chi connectivity index (χ1) is 10.9. The molecule has 0 rings (SSSR count). The van der Waals surface area contributed by atoms with E-state index in [4.69, 9.17) is 31.4 Å². The fraction of sp³-hybridized carbons (Fsp3) is 0.714. The number of aliphatic imine (C=N–C) groups is 1. The summed E-state index contributed by atoms with van der Waals surface area (Å²) < 4.78 is 0. The van der Waals surface area contributed by atoms with Crippen molar-refractivity contribution in [1.82, 2.24) is 0 Å². The molecule has 0 aromatic rings. The van der Waals surface area contributed by atoms with E-state index >= 15 is 0 Å². The number of nitrogens with one attached hydrogen (secondary N) is 2. The summed E-state index contributed by atoms with van der Waals surface area (Å²) in [6.07, 6.45) is -0.123. The molecule has 0 amide bonds. The zero-order valence-electron chi connectivity index (χ0n) is 14.7. The van der Waals surface area contributed by atoms with Crippen molar-refractivity contribution in [3.05, 3.63) is 0 Å². The maximum absolute atomic E-state index is 10.5. The van der Waals surface area contributed by atoms with E-state index in [1.165, 1.54) is 0 Å². The van der Waals surface area contributed by atoms with Crippen LogP contribution >= 0.6 is 0 Å². The van der Waals surface area contributed by atoms with Crippen molar-refractivity contribution in [3.63, 3.8) is 0 Å². The first-order valence-electron chi connectivity index (χ1n) is 7.27. The summed E-state index contributed by atoms with van der Waals surface area (Å²) in [5.41, 5.74) is 4.03. The molecule has 0 aromatic heterocycles. The quantitative estimate of drug-likeness (QED) is 0.156. The highest BCUT2D eigenvalue weighted by atomic mass is 17.2. The van der Waals surface area contributed by atoms with E-state index in [0.29, 0.717) is 0 Å². The minimum Gasteiger partial charge on any atom is -0.481 e. The van der Waals surface area contributed by atoms with Crippen molar-refractivity contribution in [1.29, 1.82) is 10.8 Å². The number of hydrogen-bond acceptors (Lipinski definition) is 8. The second-order valence-corrected chi connectivity index (χ2v) is 6.18. The fourth-order valence-electron chi connectivity index (χ4n) is 1.09. The second kappa shape index (κ2) is 9.06. The summed E-state index contributed by atoms with van der Waals surface area (Å²) in [5.74, 6) is -1.09. The number of carbonyl (C=O) groups is 1. The summed E-state index contributed by atoms with van der Waals surface area (Å²) in [4.78, 5) is 24.0. The Morgan fingerprint density at radius 1 is 1.17 bits per heavy atom. The summed E-state index contributed by atoms with van der Waals surface area (Å²) >= 11 is 0. The number of azo groups is 1. The minimum absolute atomic E-state index is 0.0513. The number of hydrogen-bond donors (Lipinski definition) is 4. The molecule has 0 saturated heterocycles. The third kappa shape index (κ3) is 8.32. The Hall–Kier alpha value is -2.36. The molecule has 136 valence electrons. The summed E-state index contributed by atoms with van der Waals surface area (Å²) in [6, 6.07) is 0. The van der Waals surface area contributed by atoms with Gasteiger partial charge in [0.05, 0.1) is 13.0 Å². The van der Waals surface area contributed by atoms with Crippen LogP contribution in [0.3, 0.4) is 0 Å². The standard InChI is InChI=1S/C14H26N6O4/c1-9(15)8-23-24-12(17)14(4,5)20-19-13(2,3)11(16)18-7-6-10(21)22/h15,17H,6-8H2,1-5H3,(H2,16,18)(H,21,22). The zero-order valence-corrected chi connectivity index (χ0v) is 14.7. The van der Waals surface area contributed by atoms with Gasteiger partial charge in [-0.05, 0) is 34.6 Å². The molecule has 10 nitrogen and oxygen atoms in total. The molecule has 0 heterocycles. The smallest absolute Gasteiger partial charge is 0.305 e. The Kier molecular flexibility index (Phi) is 8.17. The van der Waals surface area contributed by atoms with Crippen LogP contribution in [0.2, 0.25) is 0 Å². The predicted octanol–water partition coefficient (Wildman–Crippen LogP) is 1.79. The normalized spacial score (nSPS) is 13.1. The number of carboxylic acid groups (broad SMARTS) is 1. The van der Waals surface area contributed by atoms with Crippen molar-refractivity contribution in [2.45, 2.75) is 52.1 Å². The molecule has 0 bridgehead atoms. The highest BCUT2D eigenvalue weighted by molar-refractivity contribution is 5.89. The summed E-state index contributed by atoms with van der Waals surface area (Å²) in [6.45, 7) is 8.11. The summed E-state index contributed by atoms with van der Waals surface area (Å²) in [5, 5.41) is 31.8. The lowest BCUT2D eigenvalue weighted by Crippen LogP contribution is -2.38. The number of aliphatic carboxylic acids is 1. The predicted molar refractivity (Wildman–Crippen MR) is 89.9 cm³/mol. The second-order valence-electron chi connectivity index (χ2n) is 6.18. The summed E-state index contributed by atoms with van der Waals surface area (Å²) in [7, 11) is 0. The highest BCUT2D eigenvalue weighted by Gasteiger charge is 2.30. The lowest BCUT2D eigenvalue weighted by atomic mass is 10.1. The van der Waals surface area contributed by atoms with E-state index in [-0.39, 0.29) is 37.0 Å². The van der Waals surface area contributed by atoms with Crippen LogP contribution in [0.5, 0.6) is 0 Å². The Labute approximate surface area is 141 Å². The van der Waals surface area contributed by atoms with E-state index in [1.54, 1.807) is 34.6 Å². The third-order valence-corrected chi connectivity index (χ3v) is 2.76. The maximum Gasteiger partial charge on any atom is 0.305 e. The van der Waals surface area contributed by atoms with Crippen molar-refractivity contribution in [3.8, 4) is 0 Å². The Morgan fingerprint density at radius 3 is 2.21 bits per heavy atom. The van der Waals surface area contributed by atoms with Gasteiger partial charge in [-0.1, -0.05) is 0 Å². The van der Waals surface area contributed by atoms with Gasteiger partial charge in [-0.2, -0.15) is 15.1 Å². The average Bonchev–Trinajstić information content (AvgIpc) is 2.44. The molecule has 0 aromatic carbocycles. The molecule has 0 aliphatic carbocycles. The topological polar surface area (TPSA) is 167 Å². The molecule has 0 unspecified atom stereocenters. The number of nitrogens with zero attached hydrogens (tertiary/aromatic N) is 3.